The summed E-state index contributed by atoms with van der Waals surface area (Å²) in [5, 5.41) is 13.0. The highest BCUT2D eigenvalue weighted by molar-refractivity contribution is 9.10. The lowest BCUT2D eigenvalue weighted by Gasteiger charge is -2.19. The molecule has 0 fully saturated rings. The molecule has 0 saturated heterocycles. The van der Waals surface area contributed by atoms with Gasteiger partial charge >= 0.3 is 5.97 Å². The zero-order chi connectivity index (χ0) is 14.7. The molecular weight excluding hydrogens is 365 g/mol. The zero-order valence-electron chi connectivity index (χ0n) is 10.1. The van der Waals surface area contributed by atoms with E-state index in [1.165, 1.54) is 0 Å². The predicted octanol–water partition coefficient (Wildman–Crippen LogP) is 4.99. The van der Waals surface area contributed by atoms with Crippen molar-refractivity contribution in [3.05, 3.63) is 62.5 Å². The fourth-order valence-corrected chi connectivity index (χ4v) is 2.78. The van der Waals surface area contributed by atoms with Gasteiger partial charge in [0.15, 0.2) is 6.04 Å². The van der Waals surface area contributed by atoms with Gasteiger partial charge in [0.25, 0.3) is 0 Å². The van der Waals surface area contributed by atoms with E-state index in [1.54, 1.807) is 36.4 Å². The Morgan fingerprint density at radius 2 is 1.70 bits per heavy atom. The Balaban J connectivity index is 2.42. The molecule has 2 aromatic rings. The Morgan fingerprint density at radius 1 is 1.10 bits per heavy atom. The molecule has 0 aliphatic heterocycles. The van der Waals surface area contributed by atoms with Crippen molar-refractivity contribution in [2.45, 2.75) is 6.04 Å². The highest BCUT2D eigenvalue weighted by Crippen LogP contribution is 2.34. The van der Waals surface area contributed by atoms with Crippen LogP contribution in [0.3, 0.4) is 0 Å². The summed E-state index contributed by atoms with van der Waals surface area (Å²) in [7, 11) is 0. The van der Waals surface area contributed by atoms with Gasteiger partial charge in [-0.2, -0.15) is 0 Å². The maximum absolute atomic E-state index is 11.5. The number of anilines is 1. The molecular formula is C14H10BrCl2NO2. The molecule has 104 valence electrons. The molecule has 1 atom stereocenters. The highest BCUT2D eigenvalue weighted by Gasteiger charge is 2.23. The van der Waals surface area contributed by atoms with E-state index in [1.807, 2.05) is 6.07 Å². The van der Waals surface area contributed by atoms with Crippen molar-refractivity contribution in [1.29, 1.82) is 0 Å². The van der Waals surface area contributed by atoms with Gasteiger partial charge in [-0.05, 0) is 23.8 Å². The molecule has 2 N–H and O–H groups in total. The Hall–Kier alpha value is -1.23. The first-order chi connectivity index (χ1) is 9.50. The second-order valence-corrected chi connectivity index (χ2v) is 5.70. The van der Waals surface area contributed by atoms with Crippen LogP contribution in [-0.2, 0) is 4.79 Å². The Bertz CT molecular complexity index is 629. The summed E-state index contributed by atoms with van der Waals surface area (Å²) >= 11 is 15.5. The Kier molecular flexibility index (Phi) is 4.91. The SMILES string of the molecule is O=C(O)C(Nc1c(Cl)cccc1Cl)c1ccccc1Br. The average Bonchev–Trinajstić information content (AvgIpc) is 2.39. The summed E-state index contributed by atoms with van der Waals surface area (Å²) in [4.78, 5) is 11.5. The highest BCUT2D eigenvalue weighted by atomic mass is 79.9. The summed E-state index contributed by atoms with van der Waals surface area (Å²) in [5.74, 6) is -1.02. The van der Waals surface area contributed by atoms with Gasteiger partial charge in [-0.1, -0.05) is 63.4 Å². The van der Waals surface area contributed by atoms with Crippen molar-refractivity contribution < 1.29 is 9.90 Å². The molecule has 0 aliphatic carbocycles. The number of carboxylic acid groups (broad SMARTS) is 1. The molecule has 3 nitrogen and oxygen atoms in total. The van der Waals surface area contributed by atoms with Crippen LogP contribution >= 0.6 is 39.1 Å². The van der Waals surface area contributed by atoms with Crippen LogP contribution in [0.2, 0.25) is 10.0 Å². The molecule has 1 unspecified atom stereocenters. The molecule has 2 rings (SSSR count). The van der Waals surface area contributed by atoms with Gasteiger partial charge in [0.2, 0.25) is 0 Å². The number of rotatable bonds is 4. The standard InChI is InChI=1S/C14H10BrCl2NO2/c15-9-5-2-1-4-8(9)12(14(19)20)18-13-10(16)6-3-7-11(13)17/h1-7,12,18H,(H,19,20). The van der Waals surface area contributed by atoms with E-state index in [4.69, 9.17) is 23.2 Å². The smallest absolute Gasteiger partial charge is 0.330 e. The van der Waals surface area contributed by atoms with Crippen molar-refractivity contribution in [2.24, 2.45) is 0 Å². The number of carbonyl (C=O) groups is 1. The van der Waals surface area contributed by atoms with Crippen LogP contribution in [0.1, 0.15) is 11.6 Å². The molecule has 0 spiro atoms. The number of halogens is 3. The van der Waals surface area contributed by atoms with Crippen LogP contribution in [0, 0.1) is 0 Å². The van der Waals surface area contributed by atoms with Gasteiger partial charge in [0, 0.05) is 4.47 Å². The number of nitrogens with one attached hydrogen (secondary N) is 1. The molecule has 0 radical (unpaired) electrons. The fraction of sp³-hybridized carbons (Fsp3) is 0.0714. The summed E-state index contributed by atoms with van der Waals surface area (Å²) in [6, 6.07) is 11.1. The van der Waals surface area contributed by atoms with Gasteiger partial charge in [-0.15, -0.1) is 0 Å². The lowest BCUT2D eigenvalue weighted by Crippen LogP contribution is -2.21. The molecule has 6 heteroatoms. The molecule has 20 heavy (non-hydrogen) atoms. The Morgan fingerprint density at radius 3 is 2.25 bits per heavy atom. The van der Waals surface area contributed by atoms with Gasteiger partial charge in [-0.25, -0.2) is 4.79 Å². The fourth-order valence-electron chi connectivity index (χ4n) is 1.76. The first-order valence-corrected chi connectivity index (χ1v) is 7.23. The molecule has 0 bridgehead atoms. The molecule has 2 aromatic carbocycles. The molecule has 0 saturated carbocycles. The van der Waals surface area contributed by atoms with E-state index >= 15 is 0 Å². The minimum atomic E-state index is -1.02. The van der Waals surface area contributed by atoms with Crippen molar-refractivity contribution in [2.75, 3.05) is 5.32 Å². The van der Waals surface area contributed by atoms with E-state index in [0.717, 1.165) is 0 Å². The summed E-state index contributed by atoms with van der Waals surface area (Å²) in [6.07, 6.45) is 0. The van der Waals surface area contributed by atoms with E-state index in [2.05, 4.69) is 21.2 Å². The minimum absolute atomic E-state index is 0.371. The maximum Gasteiger partial charge on any atom is 0.330 e. The predicted molar refractivity (Wildman–Crippen MR) is 84.6 cm³/mol. The van der Waals surface area contributed by atoms with Gasteiger partial charge in [0.05, 0.1) is 15.7 Å². The van der Waals surface area contributed by atoms with Crippen LogP contribution in [0.5, 0.6) is 0 Å². The van der Waals surface area contributed by atoms with E-state index < -0.39 is 12.0 Å². The molecule has 0 aromatic heterocycles. The van der Waals surface area contributed by atoms with Crippen molar-refractivity contribution in [1.82, 2.24) is 0 Å². The summed E-state index contributed by atoms with van der Waals surface area (Å²) < 4.78 is 0.697. The third-order valence-corrected chi connectivity index (χ3v) is 4.07. The van der Waals surface area contributed by atoms with E-state index in [9.17, 15) is 9.90 Å². The maximum atomic E-state index is 11.5. The number of hydrogen-bond donors (Lipinski definition) is 2. The largest absolute Gasteiger partial charge is 0.479 e. The summed E-state index contributed by atoms with van der Waals surface area (Å²) in [5.41, 5.74) is 0.995. The van der Waals surface area contributed by atoms with Crippen LogP contribution in [0.4, 0.5) is 5.69 Å². The van der Waals surface area contributed by atoms with Gasteiger partial charge in [-0.3, -0.25) is 0 Å². The second-order valence-electron chi connectivity index (χ2n) is 4.03. The zero-order valence-corrected chi connectivity index (χ0v) is 13.2. The molecule has 0 amide bonds. The van der Waals surface area contributed by atoms with Gasteiger partial charge < -0.3 is 10.4 Å². The van der Waals surface area contributed by atoms with Crippen molar-refractivity contribution >= 4 is 50.8 Å². The molecule has 0 heterocycles. The quantitative estimate of drug-likeness (QED) is 0.792. The van der Waals surface area contributed by atoms with Crippen LogP contribution in [0.15, 0.2) is 46.9 Å². The molecule has 0 aliphatic rings. The Labute approximate surface area is 134 Å². The first-order valence-electron chi connectivity index (χ1n) is 5.68. The number of benzene rings is 2. The van der Waals surface area contributed by atoms with Crippen molar-refractivity contribution in [3.8, 4) is 0 Å². The number of para-hydroxylation sites is 1. The summed E-state index contributed by atoms with van der Waals surface area (Å²) in [6.45, 7) is 0. The lowest BCUT2D eigenvalue weighted by molar-refractivity contribution is -0.138. The van der Waals surface area contributed by atoms with Crippen molar-refractivity contribution in [3.63, 3.8) is 0 Å². The number of hydrogen-bond acceptors (Lipinski definition) is 2. The third kappa shape index (κ3) is 3.26. The average molecular weight is 375 g/mol. The number of carboxylic acids is 1. The van der Waals surface area contributed by atoms with Crippen LogP contribution < -0.4 is 5.32 Å². The van der Waals surface area contributed by atoms with Crippen LogP contribution in [-0.4, -0.2) is 11.1 Å². The topological polar surface area (TPSA) is 49.3 Å². The normalized spacial score (nSPS) is 11.9. The second kappa shape index (κ2) is 6.48. The lowest BCUT2D eigenvalue weighted by atomic mass is 10.1. The van der Waals surface area contributed by atoms with Crippen LogP contribution in [0.25, 0.3) is 0 Å². The van der Waals surface area contributed by atoms with Gasteiger partial charge in [0.1, 0.15) is 0 Å². The first kappa shape index (κ1) is 15.2. The third-order valence-electron chi connectivity index (χ3n) is 2.71. The van der Waals surface area contributed by atoms with E-state index in [0.29, 0.717) is 25.8 Å². The monoisotopic (exact) mass is 373 g/mol. The minimum Gasteiger partial charge on any atom is -0.479 e. The van der Waals surface area contributed by atoms with E-state index in [-0.39, 0.29) is 0 Å². The number of aliphatic carboxylic acids is 1.